The predicted octanol–water partition coefficient (Wildman–Crippen LogP) is 1.80. The second-order valence-corrected chi connectivity index (χ2v) is 6.64. The summed E-state index contributed by atoms with van der Waals surface area (Å²) in [5, 5.41) is 9.88. The molecule has 1 saturated heterocycles. The summed E-state index contributed by atoms with van der Waals surface area (Å²) >= 11 is 0. The number of likely N-dealkylation sites (tertiary alicyclic amines) is 1. The van der Waals surface area contributed by atoms with Crippen molar-refractivity contribution in [1.82, 2.24) is 4.90 Å². The minimum Gasteiger partial charge on any atom is -0.467 e. The third kappa shape index (κ3) is 6.42. The first-order chi connectivity index (χ1) is 12.6. The van der Waals surface area contributed by atoms with E-state index in [1.54, 1.807) is 0 Å². The number of carbonyl (C=O) groups excluding carboxylic acids is 2. The number of carbonyl (C=O) groups is 2. The molecule has 1 amide bonds. The van der Waals surface area contributed by atoms with Crippen LogP contribution in [-0.2, 0) is 25.5 Å². The fourth-order valence-electron chi connectivity index (χ4n) is 3.20. The number of piperidine rings is 1. The third-order valence-corrected chi connectivity index (χ3v) is 4.84. The topological polar surface area (TPSA) is 76.1 Å². The number of amides is 1. The molecule has 1 aromatic rings. The van der Waals surface area contributed by atoms with Gasteiger partial charge in [-0.2, -0.15) is 0 Å². The van der Waals surface area contributed by atoms with Gasteiger partial charge in [-0.3, -0.25) is 4.79 Å². The Hall–Kier alpha value is -1.92. The lowest BCUT2D eigenvalue weighted by atomic mass is 9.91. The van der Waals surface area contributed by atoms with E-state index in [1.165, 1.54) is 12.7 Å². The van der Waals surface area contributed by atoms with Crippen molar-refractivity contribution in [1.29, 1.82) is 0 Å². The monoisotopic (exact) mass is 363 g/mol. The molecule has 6 heteroatoms. The zero-order chi connectivity index (χ0) is 18.8. The van der Waals surface area contributed by atoms with E-state index in [9.17, 15) is 14.7 Å². The van der Waals surface area contributed by atoms with Crippen molar-refractivity contribution in [2.45, 2.75) is 38.2 Å². The minimum atomic E-state index is -1.09. The van der Waals surface area contributed by atoms with Crippen molar-refractivity contribution in [3.63, 3.8) is 0 Å². The number of hydrogen-bond donors (Lipinski definition) is 1. The molecule has 1 heterocycles. The van der Waals surface area contributed by atoms with Gasteiger partial charge in [0.1, 0.15) is 0 Å². The van der Waals surface area contributed by atoms with Gasteiger partial charge in [0.25, 0.3) is 0 Å². The van der Waals surface area contributed by atoms with Gasteiger partial charge in [-0.15, -0.1) is 0 Å². The van der Waals surface area contributed by atoms with Crippen LogP contribution in [0.3, 0.4) is 0 Å². The Balaban J connectivity index is 1.56. The van der Waals surface area contributed by atoms with Gasteiger partial charge in [0, 0.05) is 26.1 Å². The molecule has 0 aliphatic carbocycles. The van der Waals surface area contributed by atoms with E-state index in [4.69, 9.17) is 4.74 Å². The summed E-state index contributed by atoms with van der Waals surface area (Å²) in [7, 11) is 1.27. The average molecular weight is 363 g/mol. The zero-order valence-corrected chi connectivity index (χ0v) is 15.4. The molecule has 1 N–H and O–H groups in total. The second-order valence-electron chi connectivity index (χ2n) is 6.64. The third-order valence-electron chi connectivity index (χ3n) is 4.84. The number of methoxy groups -OCH3 is 1. The van der Waals surface area contributed by atoms with E-state index < -0.39 is 12.1 Å². The van der Waals surface area contributed by atoms with Gasteiger partial charge in [-0.1, -0.05) is 30.3 Å². The van der Waals surface area contributed by atoms with Crippen LogP contribution in [0.2, 0.25) is 0 Å². The number of hydrogen-bond acceptors (Lipinski definition) is 5. The van der Waals surface area contributed by atoms with Crippen LogP contribution in [0, 0.1) is 5.92 Å². The molecule has 0 bridgehead atoms. The lowest BCUT2D eigenvalue weighted by molar-refractivity contribution is -0.154. The molecule has 0 aromatic heterocycles. The van der Waals surface area contributed by atoms with Crippen molar-refractivity contribution in [3.8, 4) is 0 Å². The maximum atomic E-state index is 12.2. The number of aliphatic hydroxyl groups is 1. The lowest BCUT2D eigenvalue weighted by Gasteiger charge is -2.33. The van der Waals surface area contributed by atoms with Gasteiger partial charge in [0.2, 0.25) is 5.91 Å². The fraction of sp³-hybridized carbons (Fsp3) is 0.600. The van der Waals surface area contributed by atoms with Crippen LogP contribution < -0.4 is 0 Å². The quantitative estimate of drug-likeness (QED) is 0.535. The second kappa shape index (κ2) is 10.9. The Bertz CT molecular complexity index is 555. The summed E-state index contributed by atoms with van der Waals surface area (Å²) in [4.78, 5) is 25.4. The van der Waals surface area contributed by atoms with E-state index in [0.29, 0.717) is 52.0 Å². The highest BCUT2D eigenvalue weighted by molar-refractivity contribution is 5.76. The van der Waals surface area contributed by atoms with Crippen molar-refractivity contribution in [2.75, 3.05) is 33.4 Å². The molecule has 1 aliphatic rings. The Labute approximate surface area is 155 Å². The van der Waals surface area contributed by atoms with Crippen LogP contribution >= 0.6 is 0 Å². The molecule has 26 heavy (non-hydrogen) atoms. The van der Waals surface area contributed by atoms with E-state index in [0.717, 1.165) is 6.42 Å². The summed E-state index contributed by atoms with van der Waals surface area (Å²) in [6.07, 6.45) is 2.21. The van der Waals surface area contributed by atoms with E-state index >= 15 is 0 Å². The molecule has 1 aromatic carbocycles. The van der Waals surface area contributed by atoms with Crippen LogP contribution in [0.25, 0.3) is 0 Å². The van der Waals surface area contributed by atoms with Gasteiger partial charge in [0.05, 0.1) is 13.7 Å². The maximum absolute atomic E-state index is 12.2. The van der Waals surface area contributed by atoms with E-state index in [2.05, 4.69) is 16.9 Å². The smallest absolute Gasteiger partial charge is 0.334 e. The Morgan fingerprint density at radius 1 is 1.19 bits per heavy atom. The zero-order valence-electron chi connectivity index (χ0n) is 15.4. The Morgan fingerprint density at radius 3 is 2.54 bits per heavy atom. The number of ether oxygens (including phenoxy) is 2. The van der Waals surface area contributed by atoms with Crippen LogP contribution in [0.1, 0.15) is 31.2 Å². The molecule has 2 rings (SSSR count). The van der Waals surface area contributed by atoms with Crippen LogP contribution in [0.15, 0.2) is 30.3 Å². The largest absolute Gasteiger partial charge is 0.467 e. The molecular weight excluding hydrogens is 334 g/mol. The Kier molecular flexibility index (Phi) is 8.58. The lowest BCUT2D eigenvalue weighted by Crippen LogP contribution is -2.43. The highest BCUT2D eigenvalue weighted by Crippen LogP contribution is 2.22. The van der Waals surface area contributed by atoms with Crippen molar-refractivity contribution in [2.24, 2.45) is 5.92 Å². The van der Waals surface area contributed by atoms with E-state index in [1.807, 2.05) is 23.1 Å². The van der Waals surface area contributed by atoms with Crippen LogP contribution in [-0.4, -0.2) is 61.4 Å². The molecule has 0 saturated carbocycles. The fourth-order valence-corrected chi connectivity index (χ4v) is 3.20. The predicted molar refractivity (Wildman–Crippen MR) is 97.5 cm³/mol. The number of aliphatic hydroxyl groups excluding tert-OH is 1. The Morgan fingerprint density at radius 2 is 1.88 bits per heavy atom. The molecule has 6 nitrogen and oxygen atoms in total. The van der Waals surface area contributed by atoms with E-state index in [-0.39, 0.29) is 11.8 Å². The van der Waals surface area contributed by atoms with Crippen LogP contribution in [0.4, 0.5) is 0 Å². The SMILES string of the molecule is COC(=O)[C@H](O)C1CCN(C(=O)CCCOCCc2ccccc2)CC1. The normalized spacial score (nSPS) is 16.3. The summed E-state index contributed by atoms with van der Waals surface area (Å²) in [5.41, 5.74) is 1.25. The molecular formula is C20H29NO5. The molecule has 1 atom stereocenters. The van der Waals surface area contributed by atoms with Gasteiger partial charge in [-0.05, 0) is 37.2 Å². The summed E-state index contributed by atoms with van der Waals surface area (Å²) < 4.78 is 10.2. The van der Waals surface area contributed by atoms with Gasteiger partial charge < -0.3 is 19.5 Å². The molecule has 0 spiro atoms. The summed E-state index contributed by atoms with van der Waals surface area (Å²) in [6.45, 7) is 2.39. The first kappa shape index (κ1) is 20.4. The highest BCUT2D eigenvalue weighted by Gasteiger charge is 2.31. The molecule has 0 radical (unpaired) electrons. The summed E-state index contributed by atoms with van der Waals surface area (Å²) in [6, 6.07) is 10.2. The maximum Gasteiger partial charge on any atom is 0.334 e. The molecule has 1 aliphatic heterocycles. The number of rotatable bonds is 9. The van der Waals surface area contributed by atoms with Crippen LogP contribution in [0.5, 0.6) is 0 Å². The van der Waals surface area contributed by atoms with Crippen molar-refractivity contribution < 1.29 is 24.2 Å². The number of esters is 1. The molecule has 0 unspecified atom stereocenters. The summed E-state index contributed by atoms with van der Waals surface area (Å²) in [5.74, 6) is -0.613. The highest BCUT2D eigenvalue weighted by atomic mass is 16.5. The molecule has 144 valence electrons. The average Bonchev–Trinajstić information content (AvgIpc) is 2.70. The first-order valence-electron chi connectivity index (χ1n) is 9.27. The number of nitrogens with zero attached hydrogens (tertiary/aromatic N) is 1. The van der Waals surface area contributed by atoms with Gasteiger partial charge in [-0.25, -0.2) is 4.79 Å². The number of benzene rings is 1. The standard InChI is InChI=1S/C20H29NO5/c1-25-20(24)19(23)17-9-12-21(13-10-17)18(22)8-5-14-26-15-11-16-6-3-2-4-7-16/h2-4,6-7,17,19,23H,5,8-15H2,1H3/t19-/m1/s1. The van der Waals surface area contributed by atoms with Crippen molar-refractivity contribution in [3.05, 3.63) is 35.9 Å². The van der Waals surface area contributed by atoms with Gasteiger partial charge in [0.15, 0.2) is 6.10 Å². The minimum absolute atomic E-state index is 0.114. The molecule has 1 fully saturated rings. The van der Waals surface area contributed by atoms with Crippen molar-refractivity contribution >= 4 is 11.9 Å². The van der Waals surface area contributed by atoms with Gasteiger partial charge >= 0.3 is 5.97 Å². The first-order valence-corrected chi connectivity index (χ1v) is 9.27.